The van der Waals surface area contributed by atoms with E-state index in [0.717, 1.165) is 13.1 Å². The zero-order valence-corrected chi connectivity index (χ0v) is 21.0. The first-order valence-electron chi connectivity index (χ1n) is 13.0. The van der Waals surface area contributed by atoms with Crippen LogP contribution in [-0.2, 0) is 13.1 Å². The molecule has 4 rings (SSSR count). The third kappa shape index (κ3) is 8.22. The molecule has 33 heavy (non-hydrogen) atoms. The molecule has 2 saturated heterocycles. The van der Waals surface area contributed by atoms with Crippen LogP contribution in [0.15, 0.2) is 60.7 Å². The van der Waals surface area contributed by atoms with E-state index in [1.54, 1.807) is 0 Å². The summed E-state index contributed by atoms with van der Waals surface area (Å²) in [5, 5.41) is 0. The van der Waals surface area contributed by atoms with Crippen molar-refractivity contribution in [2.24, 2.45) is 5.41 Å². The molecule has 2 aliphatic rings. The molecule has 4 nitrogen and oxygen atoms in total. The Morgan fingerprint density at radius 1 is 0.515 bits per heavy atom. The molecule has 0 radical (unpaired) electrons. The maximum atomic E-state index is 2.69. The lowest BCUT2D eigenvalue weighted by Crippen LogP contribution is -2.47. The van der Waals surface area contributed by atoms with Crippen LogP contribution >= 0.6 is 0 Å². The van der Waals surface area contributed by atoms with Gasteiger partial charge in [-0.25, -0.2) is 0 Å². The number of benzene rings is 2. The van der Waals surface area contributed by atoms with Crippen molar-refractivity contribution in [3.05, 3.63) is 71.8 Å². The SMILES string of the molecule is CC(C)(CCN1CCN(Cc2ccccc2)CC1)CCN1CCN(Cc2ccccc2)CC1. The van der Waals surface area contributed by atoms with Gasteiger partial charge in [-0.1, -0.05) is 74.5 Å². The zero-order chi connectivity index (χ0) is 22.9. The minimum Gasteiger partial charge on any atom is -0.301 e. The Hall–Kier alpha value is -1.72. The van der Waals surface area contributed by atoms with E-state index in [2.05, 4.69) is 94.1 Å². The van der Waals surface area contributed by atoms with Crippen LogP contribution in [0.2, 0.25) is 0 Å². The molecule has 0 saturated carbocycles. The van der Waals surface area contributed by atoms with Crippen LogP contribution in [0.1, 0.15) is 37.8 Å². The fourth-order valence-corrected chi connectivity index (χ4v) is 5.07. The van der Waals surface area contributed by atoms with Gasteiger partial charge in [-0.05, 0) is 42.5 Å². The van der Waals surface area contributed by atoms with Crippen molar-refractivity contribution in [2.75, 3.05) is 65.4 Å². The first-order chi connectivity index (χ1) is 16.1. The molecule has 4 heteroatoms. The first kappa shape index (κ1) is 24.4. The van der Waals surface area contributed by atoms with Crippen LogP contribution in [0, 0.1) is 5.41 Å². The highest BCUT2D eigenvalue weighted by atomic mass is 15.3. The Bertz CT molecular complexity index is 723. The minimum atomic E-state index is 0.419. The lowest BCUT2D eigenvalue weighted by Gasteiger charge is -2.38. The maximum Gasteiger partial charge on any atom is 0.0234 e. The highest BCUT2D eigenvalue weighted by Crippen LogP contribution is 2.26. The van der Waals surface area contributed by atoms with E-state index in [1.165, 1.54) is 89.4 Å². The van der Waals surface area contributed by atoms with Gasteiger partial charge >= 0.3 is 0 Å². The van der Waals surface area contributed by atoms with Gasteiger partial charge in [0.25, 0.3) is 0 Å². The number of piperazine rings is 2. The van der Waals surface area contributed by atoms with Crippen molar-refractivity contribution < 1.29 is 0 Å². The molecule has 0 N–H and O–H groups in total. The molecule has 0 atom stereocenters. The second-order valence-corrected chi connectivity index (χ2v) is 10.9. The number of nitrogens with zero attached hydrogens (tertiary/aromatic N) is 4. The largest absolute Gasteiger partial charge is 0.301 e. The molecular formula is C29H44N4. The van der Waals surface area contributed by atoms with Crippen molar-refractivity contribution in [2.45, 2.75) is 39.8 Å². The summed E-state index contributed by atoms with van der Waals surface area (Å²) < 4.78 is 0. The monoisotopic (exact) mass is 448 g/mol. The molecule has 2 aromatic rings. The number of hydrogen-bond acceptors (Lipinski definition) is 4. The third-order valence-corrected chi connectivity index (χ3v) is 7.64. The Labute approximate surface area is 202 Å². The van der Waals surface area contributed by atoms with E-state index in [9.17, 15) is 0 Å². The second kappa shape index (κ2) is 12.1. The molecule has 0 spiro atoms. The summed E-state index contributed by atoms with van der Waals surface area (Å²) in [6, 6.07) is 21.8. The highest BCUT2D eigenvalue weighted by Gasteiger charge is 2.24. The van der Waals surface area contributed by atoms with Crippen LogP contribution in [0.3, 0.4) is 0 Å². The normalized spacial score (nSPS) is 19.7. The summed E-state index contributed by atoms with van der Waals surface area (Å²) in [6.07, 6.45) is 2.61. The lowest BCUT2D eigenvalue weighted by atomic mass is 9.85. The summed E-state index contributed by atoms with van der Waals surface area (Å²) in [7, 11) is 0. The standard InChI is InChI=1S/C29H44N4/c1-29(2,13-15-30-17-21-32(22-18-30)25-27-9-5-3-6-10-27)14-16-31-19-23-33(24-20-31)26-28-11-7-4-8-12-28/h3-12H,13-26H2,1-2H3. The summed E-state index contributed by atoms with van der Waals surface area (Å²) in [4.78, 5) is 10.6. The van der Waals surface area contributed by atoms with Crippen LogP contribution in [0.4, 0.5) is 0 Å². The van der Waals surface area contributed by atoms with Crippen LogP contribution in [0.25, 0.3) is 0 Å². The minimum absolute atomic E-state index is 0.419. The summed E-state index contributed by atoms with van der Waals surface area (Å²) in [5.41, 5.74) is 3.29. The van der Waals surface area contributed by atoms with Gasteiger partial charge in [0, 0.05) is 65.4 Å². The molecule has 0 bridgehead atoms. The smallest absolute Gasteiger partial charge is 0.0234 e. The Morgan fingerprint density at radius 2 is 0.848 bits per heavy atom. The fraction of sp³-hybridized carbons (Fsp3) is 0.586. The number of rotatable bonds is 10. The van der Waals surface area contributed by atoms with Crippen LogP contribution < -0.4 is 0 Å². The van der Waals surface area contributed by atoms with E-state index in [1.807, 2.05) is 0 Å². The van der Waals surface area contributed by atoms with Gasteiger partial charge in [0.1, 0.15) is 0 Å². The Morgan fingerprint density at radius 3 is 1.21 bits per heavy atom. The molecule has 0 aromatic heterocycles. The van der Waals surface area contributed by atoms with Gasteiger partial charge in [-0.3, -0.25) is 9.80 Å². The summed E-state index contributed by atoms with van der Waals surface area (Å²) in [6.45, 7) is 19.3. The van der Waals surface area contributed by atoms with Gasteiger partial charge < -0.3 is 9.80 Å². The van der Waals surface area contributed by atoms with Crippen LogP contribution in [0.5, 0.6) is 0 Å². The molecule has 2 aromatic carbocycles. The highest BCUT2D eigenvalue weighted by molar-refractivity contribution is 5.15. The number of hydrogen-bond donors (Lipinski definition) is 0. The molecule has 2 heterocycles. The molecule has 0 aliphatic carbocycles. The van der Waals surface area contributed by atoms with Gasteiger partial charge in [0.05, 0.1) is 0 Å². The molecule has 0 amide bonds. The quantitative estimate of drug-likeness (QED) is 0.533. The summed E-state index contributed by atoms with van der Waals surface area (Å²) >= 11 is 0. The predicted octanol–water partition coefficient (Wildman–Crippen LogP) is 4.43. The van der Waals surface area contributed by atoms with Crippen molar-refractivity contribution in [1.29, 1.82) is 0 Å². The predicted molar refractivity (Wildman–Crippen MR) is 139 cm³/mol. The van der Waals surface area contributed by atoms with E-state index in [-0.39, 0.29) is 0 Å². The summed E-state index contributed by atoms with van der Waals surface area (Å²) in [5.74, 6) is 0. The molecule has 0 unspecified atom stereocenters. The van der Waals surface area contributed by atoms with Crippen molar-refractivity contribution in [1.82, 2.24) is 19.6 Å². The molecule has 180 valence electrons. The van der Waals surface area contributed by atoms with E-state index in [4.69, 9.17) is 0 Å². The lowest BCUT2D eigenvalue weighted by molar-refractivity contribution is 0.0975. The fourth-order valence-electron chi connectivity index (χ4n) is 5.07. The van der Waals surface area contributed by atoms with Crippen molar-refractivity contribution >= 4 is 0 Å². The van der Waals surface area contributed by atoms with E-state index in [0.29, 0.717) is 5.41 Å². The topological polar surface area (TPSA) is 13.0 Å². The van der Waals surface area contributed by atoms with Gasteiger partial charge in [-0.2, -0.15) is 0 Å². The Kier molecular flexibility index (Phi) is 8.96. The average molecular weight is 449 g/mol. The van der Waals surface area contributed by atoms with E-state index >= 15 is 0 Å². The van der Waals surface area contributed by atoms with Gasteiger partial charge in [-0.15, -0.1) is 0 Å². The maximum absolute atomic E-state index is 2.69. The Balaban J connectivity index is 1.09. The van der Waals surface area contributed by atoms with Gasteiger partial charge in [0.2, 0.25) is 0 Å². The van der Waals surface area contributed by atoms with Gasteiger partial charge in [0.15, 0.2) is 0 Å². The van der Waals surface area contributed by atoms with Crippen molar-refractivity contribution in [3.63, 3.8) is 0 Å². The second-order valence-electron chi connectivity index (χ2n) is 10.9. The van der Waals surface area contributed by atoms with Crippen molar-refractivity contribution in [3.8, 4) is 0 Å². The van der Waals surface area contributed by atoms with E-state index < -0.39 is 0 Å². The first-order valence-corrected chi connectivity index (χ1v) is 13.0. The molecule has 2 aliphatic heterocycles. The molecule has 2 fully saturated rings. The zero-order valence-electron chi connectivity index (χ0n) is 21.0. The third-order valence-electron chi connectivity index (χ3n) is 7.64. The molecular weight excluding hydrogens is 404 g/mol. The average Bonchev–Trinajstić information content (AvgIpc) is 2.85. The van der Waals surface area contributed by atoms with Crippen LogP contribution in [-0.4, -0.2) is 85.0 Å².